The Kier molecular flexibility index (Phi) is 2.94. The number of nitrogens with zero attached hydrogens (tertiary/aromatic N) is 1. The van der Waals surface area contributed by atoms with Gasteiger partial charge in [0.15, 0.2) is 0 Å². The summed E-state index contributed by atoms with van der Waals surface area (Å²) in [5, 5.41) is 0. The van der Waals surface area contributed by atoms with Crippen LogP contribution in [-0.4, -0.2) is 41.8 Å². The summed E-state index contributed by atoms with van der Waals surface area (Å²) < 4.78 is 5.94. The number of fused-ring (bicyclic) bond motifs is 2. The van der Waals surface area contributed by atoms with Crippen LogP contribution in [-0.2, 0) is 4.74 Å². The molecule has 3 rings (SSSR count). The zero-order valence-corrected chi connectivity index (χ0v) is 10.3. The van der Waals surface area contributed by atoms with E-state index < -0.39 is 0 Å². The van der Waals surface area contributed by atoms with E-state index in [1.54, 1.807) is 0 Å². The molecule has 3 fully saturated rings. The Hall–Kier alpha value is -0.120. The van der Waals surface area contributed by atoms with Gasteiger partial charge in [0.1, 0.15) is 0 Å². The van der Waals surface area contributed by atoms with Crippen LogP contribution < -0.4 is 5.73 Å². The van der Waals surface area contributed by atoms with E-state index in [4.69, 9.17) is 10.5 Å². The van der Waals surface area contributed by atoms with Gasteiger partial charge >= 0.3 is 0 Å². The normalized spacial score (nSPS) is 48.8. The molecular weight excluding hydrogens is 200 g/mol. The summed E-state index contributed by atoms with van der Waals surface area (Å²) in [7, 11) is 0. The topological polar surface area (TPSA) is 38.5 Å². The Bertz CT molecular complexity index is 244. The van der Waals surface area contributed by atoms with Crippen molar-refractivity contribution < 1.29 is 4.74 Å². The van der Waals surface area contributed by atoms with E-state index in [0.29, 0.717) is 18.2 Å². The maximum Gasteiger partial charge on any atom is 0.0706 e. The molecule has 3 aliphatic heterocycles. The Morgan fingerprint density at radius 3 is 2.38 bits per heavy atom. The molecule has 0 aromatic carbocycles. The number of nitrogens with two attached hydrogens (primary N) is 1. The van der Waals surface area contributed by atoms with Crippen molar-refractivity contribution in [2.45, 2.75) is 75.8 Å². The van der Waals surface area contributed by atoms with Gasteiger partial charge in [0.25, 0.3) is 0 Å². The van der Waals surface area contributed by atoms with E-state index in [-0.39, 0.29) is 0 Å². The summed E-state index contributed by atoms with van der Waals surface area (Å²) in [6, 6.07) is 1.97. The second-order valence-corrected chi connectivity index (χ2v) is 5.96. The second-order valence-electron chi connectivity index (χ2n) is 5.96. The number of rotatable bonds is 2. The molecule has 3 heterocycles. The third-order valence-corrected chi connectivity index (χ3v) is 4.66. The van der Waals surface area contributed by atoms with Gasteiger partial charge in [0.2, 0.25) is 0 Å². The summed E-state index contributed by atoms with van der Waals surface area (Å²) in [4.78, 5) is 2.70. The monoisotopic (exact) mass is 224 g/mol. The Balaban J connectivity index is 1.59. The average molecular weight is 224 g/mol. The maximum atomic E-state index is 6.09. The van der Waals surface area contributed by atoms with Gasteiger partial charge in [-0.15, -0.1) is 0 Å². The maximum absolute atomic E-state index is 6.09. The van der Waals surface area contributed by atoms with Crippen molar-refractivity contribution in [1.82, 2.24) is 4.90 Å². The Morgan fingerprint density at radius 1 is 1.12 bits per heavy atom. The molecule has 3 nitrogen and oxygen atoms in total. The minimum absolute atomic E-state index is 0.456. The molecular formula is C13H24N2O. The van der Waals surface area contributed by atoms with Crippen LogP contribution in [0.1, 0.15) is 45.4 Å². The van der Waals surface area contributed by atoms with E-state index in [2.05, 4.69) is 11.8 Å². The molecule has 3 heteroatoms. The van der Waals surface area contributed by atoms with Gasteiger partial charge < -0.3 is 10.5 Å². The van der Waals surface area contributed by atoms with Gasteiger partial charge in [-0.2, -0.15) is 0 Å². The first kappa shape index (κ1) is 11.0. The molecule has 3 aliphatic rings. The smallest absolute Gasteiger partial charge is 0.0706 e. The highest BCUT2D eigenvalue weighted by atomic mass is 16.5. The van der Waals surface area contributed by atoms with Gasteiger partial charge in [-0.1, -0.05) is 0 Å². The van der Waals surface area contributed by atoms with Crippen molar-refractivity contribution in [3.05, 3.63) is 0 Å². The molecule has 0 aliphatic carbocycles. The number of hydrogen-bond acceptors (Lipinski definition) is 3. The van der Waals surface area contributed by atoms with Crippen LogP contribution in [0.15, 0.2) is 0 Å². The fourth-order valence-corrected chi connectivity index (χ4v) is 3.87. The molecule has 0 amide bonds. The fraction of sp³-hybridized carbons (Fsp3) is 1.00. The molecule has 0 saturated carbocycles. The van der Waals surface area contributed by atoms with Crippen molar-refractivity contribution in [2.24, 2.45) is 5.73 Å². The molecule has 0 radical (unpaired) electrons. The highest BCUT2D eigenvalue weighted by molar-refractivity contribution is 4.97. The van der Waals surface area contributed by atoms with Crippen molar-refractivity contribution in [1.29, 1.82) is 0 Å². The quantitative estimate of drug-likeness (QED) is 0.772. The molecule has 92 valence electrons. The zero-order chi connectivity index (χ0) is 11.1. The molecule has 2 N–H and O–H groups in total. The van der Waals surface area contributed by atoms with Gasteiger partial charge in [0.05, 0.1) is 12.2 Å². The molecule has 0 spiro atoms. The van der Waals surface area contributed by atoms with Crippen molar-refractivity contribution in [2.75, 3.05) is 6.54 Å². The van der Waals surface area contributed by atoms with E-state index in [1.807, 2.05) is 0 Å². The van der Waals surface area contributed by atoms with Crippen LogP contribution in [0.3, 0.4) is 0 Å². The minimum atomic E-state index is 0.456. The van der Waals surface area contributed by atoms with Crippen molar-refractivity contribution >= 4 is 0 Å². The lowest BCUT2D eigenvalue weighted by Gasteiger charge is -2.38. The number of hydrogen-bond donors (Lipinski definition) is 1. The van der Waals surface area contributed by atoms with Crippen LogP contribution in [0.4, 0.5) is 0 Å². The SMILES string of the molecule is CC1CCC(CN2C3CCC2CC(N)C3)O1. The second kappa shape index (κ2) is 4.28. The van der Waals surface area contributed by atoms with E-state index in [0.717, 1.165) is 18.6 Å². The molecule has 2 bridgehead atoms. The van der Waals surface area contributed by atoms with Crippen LogP contribution in [0, 0.1) is 0 Å². The predicted octanol–water partition coefficient (Wildman–Crippen LogP) is 1.51. The summed E-state index contributed by atoms with van der Waals surface area (Å²) in [5.41, 5.74) is 6.09. The number of piperidine rings is 1. The molecule has 4 atom stereocenters. The first-order valence-corrected chi connectivity index (χ1v) is 6.89. The van der Waals surface area contributed by atoms with Gasteiger partial charge in [-0.25, -0.2) is 0 Å². The lowest BCUT2D eigenvalue weighted by atomic mass is 9.97. The zero-order valence-electron chi connectivity index (χ0n) is 10.3. The number of ether oxygens (including phenoxy) is 1. The van der Waals surface area contributed by atoms with E-state index in [9.17, 15) is 0 Å². The lowest BCUT2D eigenvalue weighted by molar-refractivity contribution is 0.00873. The first-order valence-electron chi connectivity index (χ1n) is 6.89. The fourth-order valence-electron chi connectivity index (χ4n) is 3.87. The molecule has 4 unspecified atom stereocenters. The first-order chi connectivity index (χ1) is 7.72. The highest BCUT2D eigenvalue weighted by Gasteiger charge is 2.41. The van der Waals surface area contributed by atoms with Crippen LogP contribution in [0.25, 0.3) is 0 Å². The third-order valence-electron chi connectivity index (χ3n) is 4.66. The Labute approximate surface area is 98.3 Å². The van der Waals surface area contributed by atoms with E-state index >= 15 is 0 Å². The van der Waals surface area contributed by atoms with Crippen LogP contribution >= 0.6 is 0 Å². The summed E-state index contributed by atoms with van der Waals surface area (Å²) in [6.45, 7) is 3.35. The molecule has 3 saturated heterocycles. The van der Waals surface area contributed by atoms with Gasteiger partial charge in [-0.05, 0) is 45.4 Å². The lowest BCUT2D eigenvalue weighted by Crippen LogP contribution is -2.49. The van der Waals surface area contributed by atoms with E-state index in [1.165, 1.54) is 38.5 Å². The molecule has 0 aromatic rings. The largest absolute Gasteiger partial charge is 0.374 e. The standard InChI is InChI=1S/C13H24N2O/c1-9-2-5-13(16-9)8-15-11-3-4-12(15)7-10(14)6-11/h9-13H,2-8,14H2,1H3. The molecule has 0 aromatic heterocycles. The van der Waals surface area contributed by atoms with Gasteiger partial charge in [-0.3, -0.25) is 4.90 Å². The summed E-state index contributed by atoms with van der Waals surface area (Å²) >= 11 is 0. The van der Waals surface area contributed by atoms with Crippen molar-refractivity contribution in [3.8, 4) is 0 Å². The summed E-state index contributed by atoms with van der Waals surface area (Å²) in [5.74, 6) is 0. The minimum Gasteiger partial charge on any atom is -0.374 e. The average Bonchev–Trinajstić information content (AvgIpc) is 2.72. The van der Waals surface area contributed by atoms with Crippen LogP contribution in [0.2, 0.25) is 0 Å². The van der Waals surface area contributed by atoms with Crippen molar-refractivity contribution in [3.63, 3.8) is 0 Å². The molecule has 16 heavy (non-hydrogen) atoms. The predicted molar refractivity (Wildman–Crippen MR) is 64.3 cm³/mol. The summed E-state index contributed by atoms with van der Waals surface area (Å²) in [6.07, 6.45) is 8.61. The Morgan fingerprint density at radius 2 is 1.81 bits per heavy atom. The van der Waals surface area contributed by atoms with Crippen LogP contribution in [0.5, 0.6) is 0 Å². The third kappa shape index (κ3) is 2.01. The highest BCUT2D eigenvalue weighted by Crippen LogP contribution is 2.36. The van der Waals surface area contributed by atoms with Gasteiger partial charge in [0, 0.05) is 24.7 Å².